The first-order chi connectivity index (χ1) is 17.3. The Labute approximate surface area is 205 Å². The minimum atomic E-state index is -0.498. The monoisotopic (exact) mass is 485 g/mol. The van der Waals surface area contributed by atoms with Crippen molar-refractivity contribution in [1.82, 2.24) is 24.1 Å². The Kier molecular flexibility index (Phi) is 5.97. The second-order valence-electron chi connectivity index (χ2n) is 8.94. The zero-order valence-electron chi connectivity index (χ0n) is 19.8. The fourth-order valence-electron chi connectivity index (χ4n) is 4.22. The Morgan fingerprint density at radius 2 is 1.69 bits per heavy atom. The summed E-state index contributed by atoms with van der Waals surface area (Å²) in [7, 11) is 0. The molecule has 0 fully saturated rings. The van der Waals surface area contributed by atoms with Crippen LogP contribution >= 0.6 is 0 Å². The molecule has 0 atom stereocenters. The van der Waals surface area contributed by atoms with E-state index in [1.807, 2.05) is 44.2 Å². The topological polar surface area (TPSA) is 90.4 Å². The number of fused-ring (bicyclic) bond motifs is 3. The highest BCUT2D eigenvalue weighted by Crippen LogP contribution is 2.16. The van der Waals surface area contributed by atoms with E-state index in [0.717, 1.165) is 5.56 Å². The van der Waals surface area contributed by atoms with Crippen molar-refractivity contribution in [1.29, 1.82) is 0 Å². The average molecular weight is 486 g/mol. The number of hydrogen-bond acceptors (Lipinski definition) is 4. The molecule has 9 heteroatoms. The highest BCUT2D eigenvalue weighted by atomic mass is 19.1. The molecule has 0 spiro atoms. The van der Waals surface area contributed by atoms with Crippen LogP contribution in [0.1, 0.15) is 35.3 Å². The number of amides is 1. The molecule has 0 aliphatic carbocycles. The van der Waals surface area contributed by atoms with E-state index in [9.17, 15) is 18.8 Å². The largest absolute Gasteiger partial charge is 0.352 e. The number of nitrogens with one attached hydrogen (secondary N) is 1. The highest BCUT2D eigenvalue weighted by molar-refractivity contribution is 5.98. The predicted octanol–water partition coefficient (Wildman–Crippen LogP) is 3.18. The smallest absolute Gasteiger partial charge is 0.350 e. The lowest BCUT2D eigenvalue weighted by molar-refractivity contribution is 0.0943. The lowest BCUT2D eigenvalue weighted by Gasteiger charge is -2.12. The van der Waals surface area contributed by atoms with E-state index >= 15 is 0 Å². The lowest BCUT2D eigenvalue weighted by atomic mass is 10.1. The third-order valence-corrected chi connectivity index (χ3v) is 5.86. The standard InChI is InChI=1S/C27H24FN5O3/c1-17(2)29-24(34)20-11-12-22-23(14-20)33-26(31(25(22)35)15-18-7-4-3-5-8-18)30-32(27(33)36)16-19-9-6-10-21(28)13-19/h3-14,17H,15-16H2,1-2H3,(H,29,34). The molecule has 0 aliphatic rings. The number of halogens is 1. The van der Waals surface area contributed by atoms with Crippen molar-refractivity contribution < 1.29 is 9.18 Å². The van der Waals surface area contributed by atoms with E-state index in [1.54, 1.807) is 24.3 Å². The molecule has 0 saturated heterocycles. The van der Waals surface area contributed by atoms with Gasteiger partial charge in [-0.05, 0) is 55.3 Å². The molecule has 0 radical (unpaired) electrons. The molecule has 0 aliphatic heterocycles. The molecule has 5 rings (SSSR count). The van der Waals surface area contributed by atoms with Gasteiger partial charge in [0.2, 0.25) is 5.78 Å². The summed E-state index contributed by atoms with van der Waals surface area (Å²) in [6.07, 6.45) is 0. The van der Waals surface area contributed by atoms with Crippen molar-refractivity contribution in [2.24, 2.45) is 0 Å². The number of benzene rings is 3. The molecule has 0 unspecified atom stereocenters. The van der Waals surface area contributed by atoms with E-state index < -0.39 is 11.5 Å². The van der Waals surface area contributed by atoms with E-state index in [1.165, 1.54) is 31.8 Å². The first-order valence-corrected chi connectivity index (χ1v) is 11.6. The molecule has 3 aromatic carbocycles. The van der Waals surface area contributed by atoms with Crippen molar-refractivity contribution in [3.05, 3.63) is 116 Å². The SMILES string of the molecule is CC(C)NC(=O)c1ccc2c(=O)n(Cc3ccccc3)c3nn(Cc4cccc(F)c4)c(=O)n3c2c1. The van der Waals surface area contributed by atoms with Gasteiger partial charge >= 0.3 is 5.69 Å². The minimum absolute atomic E-state index is 0.0207. The van der Waals surface area contributed by atoms with Crippen molar-refractivity contribution in [2.45, 2.75) is 33.0 Å². The molecular formula is C27H24FN5O3. The van der Waals surface area contributed by atoms with Crippen molar-refractivity contribution in [3.8, 4) is 0 Å². The average Bonchev–Trinajstić information content (AvgIpc) is 3.17. The molecule has 0 bridgehead atoms. The highest BCUT2D eigenvalue weighted by Gasteiger charge is 2.19. The van der Waals surface area contributed by atoms with Crippen LogP contribution in [0, 0.1) is 5.82 Å². The third kappa shape index (κ3) is 4.31. The van der Waals surface area contributed by atoms with Crippen LogP contribution in [0.5, 0.6) is 0 Å². The van der Waals surface area contributed by atoms with Crippen LogP contribution in [0.3, 0.4) is 0 Å². The number of nitrogens with zero attached hydrogens (tertiary/aromatic N) is 4. The number of hydrogen-bond donors (Lipinski definition) is 1. The van der Waals surface area contributed by atoms with E-state index in [2.05, 4.69) is 10.4 Å². The normalized spacial score (nSPS) is 11.4. The Hall–Kier alpha value is -4.53. The second kappa shape index (κ2) is 9.26. The van der Waals surface area contributed by atoms with Gasteiger partial charge in [0.25, 0.3) is 11.5 Å². The van der Waals surface area contributed by atoms with Gasteiger partial charge in [0, 0.05) is 11.6 Å². The van der Waals surface area contributed by atoms with Crippen LogP contribution in [0.15, 0.2) is 82.4 Å². The number of carbonyl (C=O) groups excluding carboxylic acids is 1. The van der Waals surface area contributed by atoms with Crippen molar-refractivity contribution in [2.75, 3.05) is 0 Å². The van der Waals surface area contributed by atoms with Gasteiger partial charge in [-0.2, -0.15) is 0 Å². The molecule has 182 valence electrons. The van der Waals surface area contributed by atoms with Crippen LogP contribution in [-0.4, -0.2) is 30.7 Å². The van der Waals surface area contributed by atoms with Gasteiger partial charge < -0.3 is 5.32 Å². The Morgan fingerprint density at radius 1 is 0.944 bits per heavy atom. The molecule has 1 N–H and O–H groups in total. The molecule has 2 aromatic heterocycles. The summed E-state index contributed by atoms with van der Waals surface area (Å²) in [6, 6.07) is 19.9. The van der Waals surface area contributed by atoms with Crippen LogP contribution in [0.2, 0.25) is 0 Å². The molecule has 36 heavy (non-hydrogen) atoms. The number of carbonyl (C=O) groups is 1. The Morgan fingerprint density at radius 3 is 2.42 bits per heavy atom. The van der Waals surface area contributed by atoms with E-state index in [-0.39, 0.29) is 47.3 Å². The van der Waals surface area contributed by atoms with Gasteiger partial charge in [0.15, 0.2) is 0 Å². The first-order valence-electron chi connectivity index (χ1n) is 11.6. The summed E-state index contributed by atoms with van der Waals surface area (Å²) >= 11 is 0. The molecule has 2 heterocycles. The van der Waals surface area contributed by atoms with Gasteiger partial charge in [-0.25, -0.2) is 18.3 Å². The van der Waals surface area contributed by atoms with Crippen LogP contribution in [0.4, 0.5) is 4.39 Å². The lowest BCUT2D eigenvalue weighted by Crippen LogP contribution is -2.30. The fraction of sp³-hybridized carbons (Fsp3) is 0.185. The zero-order chi connectivity index (χ0) is 25.4. The van der Waals surface area contributed by atoms with Gasteiger partial charge in [-0.15, -0.1) is 5.10 Å². The van der Waals surface area contributed by atoms with Crippen LogP contribution in [0.25, 0.3) is 16.7 Å². The summed E-state index contributed by atoms with van der Waals surface area (Å²) in [5.41, 5.74) is 1.19. The summed E-state index contributed by atoms with van der Waals surface area (Å²) in [5, 5.41) is 7.58. The predicted molar refractivity (Wildman–Crippen MR) is 135 cm³/mol. The molecule has 0 saturated carbocycles. The fourth-order valence-corrected chi connectivity index (χ4v) is 4.22. The maximum absolute atomic E-state index is 13.8. The summed E-state index contributed by atoms with van der Waals surface area (Å²) < 4.78 is 17.7. The van der Waals surface area contributed by atoms with Crippen LogP contribution in [-0.2, 0) is 13.1 Å². The Bertz CT molecular complexity index is 1720. The van der Waals surface area contributed by atoms with E-state index in [4.69, 9.17) is 0 Å². The van der Waals surface area contributed by atoms with Crippen molar-refractivity contribution in [3.63, 3.8) is 0 Å². The quantitative estimate of drug-likeness (QED) is 0.400. The number of aromatic nitrogens is 4. The zero-order valence-corrected chi connectivity index (χ0v) is 19.8. The van der Waals surface area contributed by atoms with Gasteiger partial charge in [0.1, 0.15) is 5.82 Å². The Balaban J connectivity index is 1.76. The molecular weight excluding hydrogens is 461 g/mol. The maximum Gasteiger partial charge on any atom is 0.352 e. The van der Waals surface area contributed by atoms with Crippen molar-refractivity contribution >= 4 is 22.6 Å². The summed E-state index contributed by atoms with van der Waals surface area (Å²) in [4.78, 5) is 39.8. The first kappa shape index (κ1) is 23.2. The molecule has 5 aromatic rings. The minimum Gasteiger partial charge on any atom is -0.350 e. The third-order valence-electron chi connectivity index (χ3n) is 5.86. The summed E-state index contributed by atoms with van der Waals surface area (Å²) in [6.45, 7) is 3.92. The van der Waals surface area contributed by atoms with Gasteiger partial charge in [0.05, 0.1) is 24.0 Å². The molecule has 1 amide bonds. The second-order valence-corrected chi connectivity index (χ2v) is 8.94. The maximum atomic E-state index is 13.8. The van der Waals surface area contributed by atoms with Gasteiger partial charge in [-0.1, -0.05) is 42.5 Å². The number of rotatable bonds is 6. The molecule has 8 nitrogen and oxygen atoms in total. The van der Waals surface area contributed by atoms with Gasteiger partial charge in [-0.3, -0.25) is 14.2 Å². The summed E-state index contributed by atoms with van der Waals surface area (Å²) in [5.74, 6) is -0.593. The van der Waals surface area contributed by atoms with Crippen LogP contribution < -0.4 is 16.6 Å². The van der Waals surface area contributed by atoms with E-state index in [0.29, 0.717) is 11.1 Å².